The maximum absolute atomic E-state index is 12.0. The summed E-state index contributed by atoms with van der Waals surface area (Å²) in [6, 6.07) is 0.423. The molecular weight excluding hydrogens is 358 g/mol. The van der Waals surface area contributed by atoms with Crippen LogP contribution in [-0.2, 0) is 25.9 Å². The van der Waals surface area contributed by atoms with Gasteiger partial charge in [0.25, 0.3) is 0 Å². The van der Waals surface area contributed by atoms with E-state index in [2.05, 4.69) is 27.3 Å². The van der Waals surface area contributed by atoms with Gasteiger partial charge in [0.05, 0.1) is 0 Å². The zero-order valence-corrected chi connectivity index (χ0v) is 13.0. The summed E-state index contributed by atoms with van der Waals surface area (Å²) in [7, 11) is 0. The molecule has 1 fully saturated rings. The fraction of sp³-hybridized carbons (Fsp3) is 0.833. The fourth-order valence-corrected chi connectivity index (χ4v) is 1.97. The van der Waals surface area contributed by atoms with Crippen LogP contribution in [-0.4, -0.2) is 16.8 Å². The minimum atomic E-state index is 0. The molecule has 3 heteroatoms. The Labute approximate surface area is 108 Å². The number of amides is 1. The van der Waals surface area contributed by atoms with Gasteiger partial charge < -0.3 is 4.90 Å². The van der Waals surface area contributed by atoms with E-state index in [0.717, 1.165) is 25.7 Å². The monoisotopic (exact) mass is 380 g/mol. The Kier molecular flexibility index (Phi) is 7.51. The summed E-state index contributed by atoms with van der Waals surface area (Å²) in [5.41, 5.74) is 0. The molecule has 0 saturated carbocycles. The third-order valence-corrected chi connectivity index (χ3v) is 3.05. The van der Waals surface area contributed by atoms with E-state index in [4.69, 9.17) is 0 Å². The van der Waals surface area contributed by atoms with Gasteiger partial charge in [0, 0.05) is 27.0 Å². The molecule has 88 valence electrons. The van der Waals surface area contributed by atoms with Crippen molar-refractivity contribution in [3.63, 3.8) is 0 Å². The third-order valence-electron chi connectivity index (χ3n) is 3.05. The fourth-order valence-electron chi connectivity index (χ4n) is 1.97. The van der Waals surface area contributed by atoms with E-state index in [1.165, 1.54) is 6.42 Å². The van der Waals surface area contributed by atoms with Gasteiger partial charge >= 0.3 is 0 Å². The third kappa shape index (κ3) is 4.26. The Morgan fingerprint density at radius 2 is 2.27 bits per heavy atom. The molecule has 0 N–H and O–H groups in total. The van der Waals surface area contributed by atoms with Crippen LogP contribution in [0, 0.1) is 12.5 Å². The first-order valence-corrected chi connectivity index (χ1v) is 5.82. The van der Waals surface area contributed by atoms with Crippen molar-refractivity contribution in [1.82, 2.24) is 4.90 Å². The van der Waals surface area contributed by atoms with E-state index >= 15 is 0 Å². The van der Waals surface area contributed by atoms with Crippen LogP contribution in [0.4, 0.5) is 0 Å². The van der Waals surface area contributed by atoms with Crippen molar-refractivity contribution < 1.29 is 25.9 Å². The molecule has 0 spiro atoms. The molecule has 1 aliphatic heterocycles. The van der Waals surface area contributed by atoms with Crippen LogP contribution in [0.15, 0.2) is 0 Å². The van der Waals surface area contributed by atoms with Crippen molar-refractivity contribution in [3.8, 4) is 0 Å². The maximum Gasteiger partial charge on any atom is 0.196 e. The molecule has 0 aromatic carbocycles. The number of nitrogens with zero attached hydrogens (tertiary/aromatic N) is 1. The second kappa shape index (κ2) is 7.43. The topological polar surface area (TPSA) is 20.3 Å². The number of hydrogen-bond acceptors (Lipinski definition) is 1. The minimum absolute atomic E-state index is 0. The summed E-state index contributed by atoms with van der Waals surface area (Å²) in [6.45, 7) is 8.42. The van der Waals surface area contributed by atoms with Gasteiger partial charge in [-0.3, -0.25) is 4.79 Å². The predicted octanol–water partition coefficient (Wildman–Crippen LogP) is 2.98. The zero-order valence-electron chi connectivity index (χ0n) is 10.0. The summed E-state index contributed by atoms with van der Waals surface area (Å²) >= 11 is 0. The summed E-state index contributed by atoms with van der Waals surface area (Å²) in [5.74, 6) is 0.523. The molecule has 1 rings (SSSR count). The van der Waals surface area contributed by atoms with E-state index in [1.807, 2.05) is 4.90 Å². The van der Waals surface area contributed by atoms with Crippen molar-refractivity contribution in [3.05, 3.63) is 6.54 Å². The zero-order chi connectivity index (χ0) is 10.6. The molecular formula is C12H22NOW-. The summed E-state index contributed by atoms with van der Waals surface area (Å²) in [4.78, 5) is 13.9. The first-order valence-electron chi connectivity index (χ1n) is 5.82. The van der Waals surface area contributed by atoms with Gasteiger partial charge in [0.15, 0.2) is 5.91 Å². The standard InChI is InChI=1S/C12H22NO.W/c1-4-5-7-10(2)12(14)13-9-6-8-11(13)3;/h9-11H,4-8H2,1-3H3;/q-1;. The molecule has 0 bridgehead atoms. The van der Waals surface area contributed by atoms with Crippen molar-refractivity contribution >= 4 is 5.91 Å². The van der Waals surface area contributed by atoms with Crippen LogP contribution in [0.25, 0.3) is 0 Å². The molecule has 1 heterocycles. The molecule has 2 nitrogen and oxygen atoms in total. The van der Waals surface area contributed by atoms with Gasteiger partial charge in [-0.2, -0.15) is 6.42 Å². The first-order chi connectivity index (χ1) is 6.66. The van der Waals surface area contributed by atoms with Crippen LogP contribution in [0.1, 0.15) is 52.9 Å². The normalized spacial score (nSPS) is 22.3. The second-order valence-electron chi connectivity index (χ2n) is 4.40. The molecule has 0 aromatic rings. The average Bonchev–Trinajstić information content (AvgIpc) is 2.59. The molecule has 1 aliphatic rings. The van der Waals surface area contributed by atoms with Crippen LogP contribution in [0.3, 0.4) is 0 Å². The van der Waals surface area contributed by atoms with Crippen molar-refractivity contribution in [1.29, 1.82) is 0 Å². The number of rotatable bonds is 4. The molecule has 15 heavy (non-hydrogen) atoms. The van der Waals surface area contributed by atoms with Crippen LogP contribution in [0.5, 0.6) is 0 Å². The van der Waals surface area contributed by atoms with Crippen molar-refractivity contribution in [2.24, 2.45) is 5.92 Å². The summed E-state index contributed by atoms with van der Waals surface area (Å²) < 4.78 is 0. The van der Waals surface area contributed by atoms with Crippen molar-refractivity contribution in [2.75, 3.05) is 0 Å². The van der Waals surface area contributed by atoms with E-state index in [0.29, 0.717) is 11.9 Å². The smallest absolute Gasteiger partial charge is 0.196 e. The summed E-state index contributed by atoms with van der Waals surface area (Å²) in [5, 5.41) is 0. The number of likely N-dealkylation sites (tertiary alicyclic amines) is 1. The van der Waals surface area contributed by atoms with E-state index in [1.54, 1.807) is 0 Å². The van der Waals surface area contributed by atoms with Gasteiger partial charge in [-0.25, -0.2) is 6.54 Å². The Hall–Kier alpha value is 0.158. The Bertz CT molecular complexity index is 196. The quantitative estimate of drug-likeness (QED) is 0.687. The van der Waals surface area contributed by atoms with Gasteiger partial charge in [0.2, 0.25) is 0 Å². The minimum Gasteiger partial charge on any atom is -0.490 e. The second-order valence-corrected chi connectivity index (χ2v) is 4.40. The molecule has 1 amide bonds. The maximum atomic E-state index is 12.0. The van der Waals surface area contributed by atoms with Crippen LogP contribution < -0.4 is 0 Å². The van der Waals surface area contributed by atoms with E-state index < -0.39 is 0 Å². The van der Waals surface area contributed by atoms with E-state index in [-0.39, 0.29) is 27.0 Å². The number of carbonyl (C=O) groups excluding carboxylic acids is 1. The Morgan fingerprint density at radius 3 is 2.73 bits per heavy atom. The van der Waals surface area contributed by atoms with Gasteiger partial charge in [-0.1, -0.05) is 33.1 Å². The van der Waals surface area contributed by atoms with Crippen LogP contribution in [0.2, 0.25) is 0 Å². The van der Waals surface area contributed by atoms with Crippen LogP contribution >= 0.6 is 0 Å². The van der Waals surface area contributed by atoms with E-state index in [9.17, 15) is 4.79 Å². The number of carbonyl (C=O) groups is 1. The van der Waals surface area contributed by atoms with Gasteiger partial charge in [-0.05, 0) is 19.4 Å². The largest absolute Gasteiger partial charge is 0.490 e. The molecule has 0 radical (unpaired) electrons. The number of hydrogen-bond donors (Lipinski definition) is 0. The average molecular weight is 380 g/mol. The molecule has 2 atom stereocenters. The van der Waals surface area contributed by atoms with Gasteiger partial charge in [-0.15, -0.1) is 0 Å². The Balaban J connectivity index is 0.00000196. The van der Waals surface area contributed by atoms with Gasteiger partial charge in [0.1, 0.15) is 0 Å². The molecule has 0 aliphatic carbocycles. The van der Waals surface area contributed by atoms with Crippen molar-refractivity contribution in [2.45, 2.75) is 58.9 Å². The molecule has 0 aromatic heterocycles. The summed E-state index contributed by atoms with van der Waals surface area (Å²) in [6.07, 6.45) is 5.57. The Morgan fingerprint density at radius 1 is 1.60 bits per heavy atom. The predicted molar refractivity (Wildman–Crippen MR) is 58.5 cm³/mol. The first kappa shape index (κ1) is 15.2. The SMILES string of the molecule is CCCCC(C)C(=O)N1[CH-]CCC1C.[W]. The molecule has 1 saturated heterocycles. The molecule has 2 unspecified atom stereocenters. The number of unbranched alkanes of at least 4 members (excludes halogenated alkanes) is 1.